The lowest BCUT2D eigenvalue weighted by Crippen LogP contribution is -2.46. The van der Waals surface area contributed by atoms with E-state index in [9.17, 15) is 22.8 Å². The number of carbonyl (C=O) groups is 2. The van der Waals surface area contributed by atoms with Crippen molar-refractivity contribution in [2.75, 3.05) is 37.9 Å². The second kappa shape index (κ2) is 9.38. The van der Waals surface area contributed by atoms with Crippen molar-refractivity contribution in [2.24, 2.45) is 5.10 Å². The van der Waals surface area contributed by atoms with E-state index in [0.717, 1.165) is 12.1 Å². The molecule has 3 rings (SSSR count). The molecule has 0 atom stereocenters. The van der Waals surface area contributed by atoms with Gasteiger partial charge in [0, 0.05) is 44.0 Å². The highest BCUT2D eigenvalue weighted by Crippen LogP contribution is 2.34. The van der Waals surface area contributed by atoms with Crippen LogP contribution in [-0.2, 0) is 15.7 Å². The summed E-state index contributed by atoms with van der Waals surface area (Å²) >= 11 is 0. The summed E-state index contributed by atoms with van der Waals surface area (Å²) in [4.78, 5) is 27.4. The Labute approximate surface area is 177 Å². The summed E-state index contributed by atoms with van der Waals surface area (Å²) in [5, 5.41) is 8.51. The van der Waals surface area contributed by atoms with Crippen LogP contribution in [0, 0.1) is 0 Å². The number of piperazine rings is 1. The van der Waals surface area contributed by atoms with Gasteiger partial charge in [-0.05, 0) is 32.0 Å². The SMILES string of the molecule is CC(C)OC(=O)/C=C\N1C=NN(c2cc(C(=O)N3CCNCC3)cc(C(F)(F)F)c2)C1. The van der Waals surface area contributed by atoms with Gasteiger partial charge in [0.2, 0.25) is 0 Å². The molecule has 2 aliphatic heterocycles. The van der Waals surface area contributed by atoms with Crippen LogP contribution in [0.3, 0.4) is 0 Å². The van der Waals surface area contributed by atoms with E-state index in [-0.39, 0.29) is 24.0 Å². The molecule has 1 saturated heterocycles. The zero-order valence-electron chi connectivity index (χ0n) is 17.2. The van der Waals surface area contributed by atoms with Crippen LogP contribution in [0.1, 0.15) is 29.8 Å². The molecule has 0 radical (unpaired) electrons. The Morgan fingerprint density at radius 3 is 2.55 bits per heavy atom. The zero-order chi connectivity index (χ0) is 22.6. The Bertz CT molecular complexity index is 879. The highest BCUT2D eigenvalue weighted by Gasteiger charge is 2.33. The predicted molar refractivity (Wildman–Crippen MR) is 108 cm³/mol. The van der Waals surface area contributed by atoms with Gasteiger partial charge < -0.3 is 19.9 Å². The van der Waals surface area contributed by atoms with Gasteiger partial charge in [-0.3, -0.25) is 4.79 Å². The van der Waals surface area contributed by atoms with Gasteiger partial charge in [-0.25, -0.2) is 9.80 Å². The number of nitrogens with zero attached hydrogens (tertiary/aromatic N) is 4. The second-order valence-corrected chi connectivity index (χ2v) is 7.40. The summed E-state index contributed by atoms with van der Waals surface area (Å²) in [7, 11) is 0. The van der Waals surface area contributed by atoms with Crippen LogP contribution in [0.4, 0.5) is 18.9 Å². The third-order valence-electron chi connectivity index (χ3n) is 4.58. The monoisotopic (exact) mass is 439 g/mol. The van der Waals surface area contributed by atoms with Crippen LogP contribution in [0.25, 0.3) is 0 Å². The molecule has 0 bridgehead atoms. The topological polar surface area (TPSA) is 77.5 Å². The molecule has 1 fully saturated rings. The number of amides is 1. The highest BCUT2D eigenvalue weighted by atomic mass is 19.4. The van der Waals surface area contributed by atoms with Crippen molar-refractivity contribution in [3.8, 4) is 0 Å². The van der Waals surface area contributed by atoms with E-state index in [0.29, 0.717) is 26.2 Å². The minimum atomic E-state index is -4.61. The standard InChI is InChI=1S/C20H24F3N5O3/c1-14(2)31-18(29)3-6-26-12-25-28(13-26)17-10-15(9-16(11-17)20(21,22)23)19(30)27-7-4-24-5-8-27/h3,6,9-12,14,24H,4-5,7-8,13H2,1-2H3/b6-3-. The van der Waals surface area contributed by atoms with E-state index < -0.39 is 23.6 Å². The van der Waals surface area contributed by atoms with Gasteiger partial charge in [0.25, 0.3) is 5.91 Å². The van der Waals surface area contributed by atoms with Gasteiger partial charge in [-0.15, -0.1) is 0 Å². The van der Waals surface area contributed by atoms with Crippen LogP contribution in [0.5, 0.6) is 0 Å². The van der Waals surface area contributed by atoms with Gasteiger partial charge in [0.1, 0.15) is 13.0 Å². The first-order chi connectivity index (χ1) is 14.6. The number of esters is 1. The van der Waals surface area contributed by atoms with Crippen LogP contribution in [-0.4, -0.2) is 67.0 Å². The molecule has 2 heterocycles. The number of alkyl halides is 3. The molecule has 1 N–H and O–H groups in total. The average molecular weight is 439 g/mol. The molecule has 168 valence electrons. The molecule has 2 aliphatic rings. The van der Waals surface area contributed by atoms with Crippen molar-refractivity contribution >= 4 is 23.9 Å². The second-order valence-electron chi connectivity index (χ2n) is 7.40. The number of hydrazone groups is 1. The number of hydrogen-bond acceptors (Lipinski definition) is 7. The molecule has 0 unspecified atom stereocenters. The number of hydrogen-bond donors (Lipinski definition) is 1. The fourth-order valence-electron chi connectivity index (χ4n) is 3.12. The first-order valence-corrected chi connectivity index (χ1v) is 9.82. The summed E-state index contributed by atoms with van der Waals surface area (Å²) in [6.45, 7) is 5.56. The highest BCUT2D eigenvalue weighted by molar-refractivity contribution is 5.95. The van der Waals surface area contributed by atoms with E-state index >= 15 is 0 Å². The van der Waals surface area contributed by atoms with E-state index in [1.54, 1.807) is 13.8 Å². The zero-order valence-corrected chi connectivity index (χ0v) is 17.2. The summed E-state index contributed by atoms with van der Waals surface area (Å²) in [6, 6.07) is 3.22. The molecule has 0 aromatic heterocycles. The minimum absolute atomic E-state index is 0.0450. The molecule has 8 nitrogen and oxygen atoms in total. The molecule has 0 saturated carbocycles. The van der Waals surface area contributed by atoms with Crippen molar-refractivity contribution < 1.29 is 27.5 Å². The molecule has 1 amide bonds. The number of rotatable bonds is 5. The van der Waals surface area contributed by atoms with Crippen molar-refractivity contribution in [3.05, 3.63) is 41.6 Å². The molecule has 0 spiro atoms. The number of anilines is 1. The maximum atomic E-state index is 13.5. The molecule has 31 heavy (non-hydrogen) atoms. The maximum absolute atomic E-state index is 13.5. The molecule has 1 aromatic rings. The fourth-order valence-corrected chi connectivity index (χ4v) is 3.12. The molecular formula is C20H24F3N5O3. The van der Waals surface area contributed by atoms with Crippen LogP contribution in [0.15, 0.2) is 35.6 Å². The van der Waals surface area contributed by atoms with E-state index in [2.05, 4.69) is 10.4 Å². The summed E-state index contributed by atoms with van der Waals surface area (Å²) < 4.78 is 45.4. The quantitative estimate of drug-likeness (QED) is 0.560. The predicted octanol–water partition coefficient (Wildman–Crippen LogP) is 2.24. The first-order valence-electron chi connectivity index (χ1n) is 9.82. The van der Waals surface area contributed by atoms with Gasteiger partial charge in [-0.1, -0.05) is 0 Å². The van der Waals surface area contributed by atoms with Crippen LogP contribution < -0.4 is 10.3 Å². The lowest BCUT2D eigenvalue weighted by molar-refractivity contribution is -0.141. The largest absolute Gasteiger partial charge is 0.460 e. The summed E-state index contributed by atoms with van der Waals surface area (Å²) in [6.07, 6.45) is -0.872. The van der Waals surface area contributed by atoms with E-state index in [1.807, 2.05) is 0 Å². The van der Waals surface area contributed by atoms with Crippen LogP contribution >= 0.6 is 0 Å². The molecule has 1 aromatic carbocycles. The van der Waals surface area contributed by atoms with Crippen molar-refractivity contribution in [3.63, 3.8) is 0 Å². The lowest BCUT2D eigenvalue weighted by Gasteiger charge is -2.28. The Kier molecular flexibility index (Phi) is 6.84. The molecular weight excluding hydrogens is 415 g/mol. The third-order valence-corrected chi connectivity index (χ3v) is 4.58. The minimum Gasteiger partial charge on any atom is -0.460 e. The van der Waals surface area contributed by atoms with Gasteiger partial charge in [0.15, 0.2) is 0 Å². The Balaban J connectivity index is 1.79. The van der Waals surface area contributed by atoms with E-state index in [4.69, 9.17) is 4.74 Å². The number of ether oxygens (including phenoxy) is 1. The maximum Gasteiger partial charge on any atom is 0.416 e. The average Bonchev–Trinajstić information content (AvgIpc) is 3.20. The van der Waals surface area contributed by atoms with Crippen LogP contribution in [0.2, 0.25) is 0 Å². The fraction of sp³-hybridized carbons (Fsp3) is 0.450. The van der Waals surface area contributed by atoms with Crippen molar-refractivity contribution in [1.82, 2.24) is 15.1 Å². The normalized spacial score (nSPS) is 17.2. The summed E-state index contributed by atoms with van der Waals surface area (Å²) in [5.41, 5.74) is -0.838. The van der Waals surface area contributed by atoms with Crippen molar-refractivity contribution in [1.29, 1.82) is 0 Å². The van der Waals surface area contributed by atoms with Gasteiger partial charge in [-0.2, -0.15) is 18.3 Å². The Morgan fingerprint density at radius 2 is 1.90 bits per heavy atom. The first kappa shape index (κ1) is 22.6. The number of halogens is 3. The van der Waals surface area contributed by atoms with Gasteiger partial charge in [0.05, 0.1) is 17.4 Å². The van der Waals surface area contributed by atoms with E-state index in [1.165, 1.54) is 39.5 Å². The number of benzene rings is 1. The smallest absolute Gasteiger partial charge is 0.416 e. The molecule has 0 aliphatic carbocycles. The summed E-state index contributed by atoms with van der Waals surface area (Å²) in [5.74, 6) is -0.991. The Hall–Kier alpha value is -3.08. The Morgan fingerprint density at radius 1 is 1.19 bits per heavy atom. The van der Waals surface area contributed by atoms with Crippen molar-refractivity contribution in [2.45, 2.75) is 26.1 Å². The van der Waals surface area contributed by atoms with Gasteiger partial charge >= 0.3 is 12.1 Å². The molecule has 11 heteroatoms. The number of carbonyl (C=O) groups excluding carboxylic acids is 2. The lowest BCUT2D eigenvalue weighted by atomic mass is 10.1. The third kappa shape index (κ3) is 5.97. The number of nitrogens with one attached hydrogen (secondary N) is 1.